The molecule has 0 aliphatic heterocycles. The van der Waals surface area contributed by atoms with Gasteiger partial charge in [0.25, 0.3) is 5.91 Å². The van der Waals surface area contributed by atoms with Gasteiger partial charge in [0, 0.05) is 36.8 Å². The van der Waals surface area contributed by atoms with Gasteiger partial charge in [0.2, 0.25) is 0 Å². The molecule has 0 aliphatic rings. The third kappa shape index (κ3) is 4.85. The highest BCUT2D eigenvalue weighted by molar-refractivity contribution is 6.05. The van der Waals surface area contributed by atoms with Crippen molar-refractivity contribution in [2.45, 2.75) is 52.0 Å². The van der Waals surface area contributed by atoms with Crippen molar-refractivity contribution in [1.29, 1.82) is 0 Å². The van der Waals surface area contributed by atoms with E-state index >= 15 is 0 Å². The van der Waals surface area contributed by atoms with Crippen molar-refractivity contribution < 1.29 is 13.6 Å². The quantitative estimate of drug-likeness (QED) is 0.341. The fraction of sp³-hybridized carbons (Fsp3) is 0.346. The number of rotatable bonds is 9. The molecule has 6 nitrogen and oxygen atoms in total. The van der Waals surface area contributed by atoms with Crippen molar-refractivity contribution >= 4 is 16.9 Å². The fourth-order valence-corrected chi connectivity index (χ4v) is 4.21. The van der Waals surface area contributed by atoms with Gasteiger partial charge in [0.1, 0.15) is 5.52 Å². The fourth-order valence-electron chi connectivity index (χ4n) is 4.21. The number of nitrogens with zero attached hydrogens (tertiary/aromatic N) is 3. The number of carbonyl (C=O) groups is 1. The number of imidazole rings is 1. The summed E-state index contributed by atoms with van der Waals surface area (Å²) in [6.45, 7) is 4.17. The van der Waals surface area contributed by atoms with E-state index in [1.807, 2.05) is 13.0 Å². The van der Waals surface area contributed by atoms with E-state index in [1.54, 1.807) is 31.4 Å². The first-order valence-corrected chi connectivity index (χ1v) is 11.6. The van der Waals surface area contributed by atoms with E-state index in [-0.39, 0.29) is 29.5 Å². The van der Waals surface area contributed by atoms with Crippen molar-refractivity contribution in [1.82, 2.24) is 25.1 Å². The third-order valence-electron chi connectivity index (χ3n) is 6.13. The van der Waals surface area contributed by atoms with Crippen LogP contribution in [0.25, 0.3) is 22.2 Å². The summed E-state index contributed by atoms with van der Waals surface area (Å²) in [6.07, 6.45) is 8.65. The average Bonchev–Trinajstić information content (AvgIpc) is 3.48. The Morgan fingerprint density at radius 2 is 2.03 bits per heavy atom. The topological polar surface area (TPSA) is 75.6 Å². The van der Waals surface area contributed by atoms with Crippen LogP contribution in [-0.4, -0.2) is 31.7 Å². The van der Waals surface area contributed by atoms with E-state index in [4.69, 9.17) is 0 Å². The maximum Gasteiger partial charge on any atom is 0.253 e. The number of carbonyl (C=O) groups excluding carboxylic acids is 1. The molecular formula is C26H29F2N5O. The monoisotopic (exact) mass is 465 g/mol. The van der Waals surface area contributed by atoms with Gasteiger partial charge in [-0.05, 0) is 36.1 Å². The molecule has 1 amide bonds. The molecule has 0 saturated carbocycles. The molecule has 34 heavy (non-hydrogen) atoms. The molecule has 8 heteroatoms. The summed E-state index contributed by atoms with van der Waals surface area (Å²) in [7, 11) is 1.72. The smallest absolute Gasteiger partial charge is 0.253 e. The molecule has 1 unspecified atom stereocenters. The van der Waals surface area contributed by atoms with Crippen LogP contribution in [0.3, 0.4) is 0 Å². The molecule has 0 aliphatic carbocycles. The molecule has 178 valence electrons. The molecule has 2 aromatic carbocycles. The first-order valence-electron chi connectivity index (χ1n) is 11.6. The van der Waals surface area contributed by atoms with Gasteiger partial charge in [0.05, 0.1) is 23.6 Å². The first kappa shape index (κ1) is 23.6. The molecule has 0 fully saturated rings. The predicted molar refractivity (Wildman–Crippen MR) is 129 cm³/mol. The highest BCUT2D eigenvalue weighted by Crippen LogP contribution is 2.28. The standard InChI is InChI=1S/C26H29F2N5O/c1-4-6-7-19(5-2)32-26(34)21-11-16(12-22-25(21)30-15-29-22)10-17-8-9-20(24(28)23(17)27)18-13-31-33(3)14-18/h8-9,11-15,19H,4-7,10H2,1-3H3,(H,29,30)(H,32,34). The highest BCUT2D eigenvalue weighted by Gasteiger charge is 2.20. The number of H-pyrrole nitrogens is 1. The Kier molecular flexibility index (Phi) is 7.05. The van der Waals surface area contributed by atoms with Crippen LogP contribution in [-0.2, 0) is 13.5 Å². The molecule has 4 rings (SSSR count). The van der Waals surface area contributed by atoms with Gasteiger partial charge in [-0.3, -0.25) is 9.48 Å². The van der Waals surface area contributed by atoms with E-state index in [0.717, 1.165) is 25.7 Å². The van der Waals surface area contributed by atoms with Crippen molar-refractivity contribution in [2.24, 2.45) is 7.05 Å². The van der Waals surface area contributed by atoms with E-state index in [0.29, 0.717) is 27.7 Å². The van der Waals surface area contributed by atoms with E-state index in [2.05, 4.69) is 27.3 Å². The normalized spacial score (nSPS) is 12.3. The molecule has 0 saturated heterocycles. The number of halogens is 2. The second kappa shape index (κ2) is 10.2. The SMILES string of the molecule is CCCCC(CC)NC(=O)c1cc(Cc2ccc(-c3cnn(C)c3)c(F)c2F)cc2[nH]cnc12. The van der Waals surface area contributed by atoms with Crippen LogP contribution in [0, 0.1) is 11.6 Å². The van der Waals surface area contributed by atoms with Gasteiger partial charge < -0.3 is 10.3 Å². The number of hydrogen-bond acceptors (Lipinski definition) is 3. The lowest BCUT2D eigenvalue weighted by Gasteiger charge is -2.17. The number of benzene rings is 2. The van der Waals surface area contributed by atoms with Crippen molar-refractivity contribution in [3.8, 4) is 11.1 Å². The number of aromatic nitrogens is 4. The summed E-state index contributed by atoms with van der Waals surface area (Å²) in [5.41, 5.74) is 3.24. The van der Waals surface area contributed by atoms with Crippen LogP contribution in [0.4, 0.5) is 8.78 Å². The highest BCUT2D eigenvalue weighted by atomic mass is 19.2. The number of aromatic amines is 1. The lowest BCUT2D eigenvalue weighted by atomic mass is 9.98. The molecule has 0 radical (unpaired) electrons. The van der Waals surface area contributed by atoms with E-state index < -0.39 is 11.6 Å². The molecule has 2 aromatic heterocycles. The maximum absolute atomic E-state index is 15.0. The summed E-state index contributed by atoms with van der Waals surface area (Å²) < 4.78 is 31.4. The molecule has 2 heterocycles. The van der Waals surface area contributed by atoms with Gasteiger partial charge >= 0.3 is 0 Å². The molecule has 0 bridgehead atoms. The Labute approximate surface area is 197 Å². The van der Waals surface area contributed by atoms with Gasteiger partial charge in [-0.1, -0.05) is 38.8 Å². The Hall–Kier alpha value is -3.55. The van der Waals surface area contributed by atoms with Gasteiger partial charge in [-0.15, -0.1) is 0 Å². The van der Waals surface area contributed by atoms with E-state index in [9.17, 15) is 13.6 Å². The van der Waals surface area contributed by atoms with Crippen LogP contribution in [0.1, 0.15) is 61.0 Å². The zero-order chi connectivity index (χ0) is 24.2. The lowest BCUT2D eigenvalue weighted by Crippen LogP contribution is -2.34. The third-order valence-corrected chi connectivity index (χ3v) is 6.13. The largest absolute Gasteiger partial charge is 0.349 e. The zero-order valence-corrected chi connectivity index (χ0v) is 19.7. The number of hydrogen-bond donors (Lipinski definition) is 2. The van der Waals surface area contributed by atoms with Crippen LogP contribution in [0.5, 0.6) is 0 Å². The molecule has 1 atom stereocenters. The second-order valence-electron chi connectivity index (χ2n) is 8.64. The summed E-state index contributed by atoms with van der Waals surface area (Å²) in [5, 5.41) is 7.13. The Balaban J connectivity index is 1.63. The summed E-state index contributed by atoms with van der Waals surface area (Å²) in [6, 6.07) is 6.76. The lowest BCUT2D eigenvalue weighted by molar-refractivity contribution is 0.0934. The van der Waals surface area contributed by atoms with Crippen molar-refractivity contribution in [3.05, 3.63) is 71.3 Å². The molecule has 0 spiro atoms. The van der Waals surface area contributed by atoms with Crippen molar-refractivity contribution in [3.63, 3.8) is 0 Å². The van der Waals surface area contributed by atoms with Crippen molar-refractivity contribution in [2.75, 3.05) is 0 Å². The van der Waals surface area contributed by atoms with Crippen LogP contribution in [0.15, 0.2) is 43.0 Å². The minimum atomic E-state index is -0.909. The minimum Gasteiger partial charge on any atom is -0.349 e. The molecule has 2 N–H and O–H groups in total. The summed E-state index contributed by atoms with van der Waals surface area (Å²) in [5.74, 6) is -2.02. The van der Waals surface area contributed by atoms with Gasteiger partial charge in [-0.2, -0.15) is 5.10 Å². The first-order chi connectivity index (χ1) is 16.4. The minimum absolute atomic E-state index is 0.0802. The Morgan fingerprint density at radius 1 is 1.21 bits per heavy atom. The number of nitrogens with one attached hydrogen (secondary N) is 2. The van der Waals surface area contributed by atoms with Crippen LogP contribution in [0.2, 0.25) is 0 Å². The maximum atomic E-state index is 15.0. The Bertz CT molecular complexity index is 1310. The van der Waals surface area contributed by atoms with E-state index in [1.165, 1.54) is 17.2 Å². The number of unbranched alkanes of at least 4 members (excludes halogenated alkanes) is 1. The average molecular weight is 466 g/mol. The number of fused-ring (bicyclic) bond motifs is 1. The zero-order valence-electron chi connectivity index (χ0n) is 19.7. The molecular weight excluding hydrogens is 436 g/mol. The predicted octanol–water partition coefficient (Wildman–Crippen LogP) is 5.53. The van der Waals surface area contributed by atoms with Gasteiger partial charge in [-0.25, -0.2) is 13.8 Å². The van der Waals surface area contributed by atoms with Gasteiger partial charge in [0.15, 0.2) is 11.6 Å². The van der Waals surface area contributed by atoms with Crippen LogP contribution >= 0.6 is 0 Å². The number of aryl methyl sites for hydroxylation is 1. The second-order valence-corrected chi connectivity index (χ2v) is 8.64. The number of amides is 1. The Morgan fingerprint density at radius 3 is 2.74 bits per heavy atom. The summed E-state index contributed by atoms with van der Waals surface area (Å²) in [4.78, 5) is 20.4. The van der Waals surface area contributed by atoms with Crippen LogP contribution < -0.4 is 5.32 Å². The summed E-state index contributed by atoms with van der Waals surface area (Å²) >= 11 is 0. The molecule has 4 aromatic rings.